The van der Waals surface area contributed by atoms with Crippen LogP contribution in [0.5, 0.6) is 0 Å². The van der Waals surface area contributed by atoms with E-state index in [1.807, 2.05) is 11.4 Å². The lowest BCUT2D eigenvalue weighted by molar-refractivity contribution is 0.0959. The van der Waals surface area contributed by atoms with Gasteiger partial charge in [-0.2, -0.15) is 5.10 Å². The summed E-state index contributed by atoms with van der Waals surface area (Å²) in [5.74, 6) is -0.172. The van der Waals surface area contributed by atoms with Crippen molar-refractivity contribution in [3.05, 3.63) is 45.4 Å². The van der Waals surface area contributed by atoms with Crippen molar-refractivity contribution in [2.24, 2.45) is 5.10 Å². The molecule has 2 rings (SSSR count). The van der Waals surface area contributed by atoms with Gasteiger partial charge in [-0.25, -0.2) is 5.43 Å². The van der Waals surface area contributed by atoms with E-state index in [4.69, 9.17) is 0 Å². The highest BCUT2D eigenvalue weighted by molar-refractivity contribution is 7.12. The molecule has 0 aliphatic rings. The lowest BCUT2D eigenvalue weighted by Crippen LogP contribution is -2.16. The molecule has 0 aliphatic carbocycles. The number of hydrogen-bond donors (Lipinski definition) is 1. The van der Waals surface area contributed by atoms with Gasteiger partial charge in [0.2, 0.25) is 0 Å². The Labute approximate surface area is 123 Å². The quantitative estimate of drug-likeness (QED) is 0.679. The highest BCUT2D eigenvalue weighted by Crippen LogP contribution is 2.18. The molecule has 20 heavy (non-hydrogen) atoms. The van der Waals surface area contributed by atoms with Crippen molar-refractivity contribution in [1.29, 1.82) is 0 Å². The van der Waals surface area contributed by atoms with Crippen molar-refractivity contribution >= 4 is 23.5 Å². The zero-order chi connectivity index (χ0) is 14.7. The number of aryl methyl sites for hydroxylation is 1. The molecule has 2 aromatic heterocycles. The van der Waals surface area contributed by atoms with Gasteiger partial charge in [-0.1, -0.05) is 6.07 Å². The number of amides is 1. The van der Waals surface area contributed by atoms with Crippen LogP contribution in [-0.2, 0) is 0 Å². The zero-order valence-electron chi connectivity index (χ0n) is 12.2. The predicted octanol–water partition coefficient (Wildman–Crippen LogP) is 3.51. The monoisotopic (exact) mass is 289 g/mol. The maximum atomic E-state index is 11.7. The molecular formula is C15H19N3OS. The van der Waals surface area contributed by atoms with E-state index in [-0.39, 0.29) is 5.91 Å². The summed E-state index contributed by atoms with van der Waals surface area (Å²) in [5, 5.41) is 5.91. The molecule has 2 aromatic rings. The minimum atomic E-state index is -0.172. The Morgan fingerprint density at radius 2 is 2.20 bits per heavy atom. The van der Waals surface area contributed by atoms with Gasteiger partial charge in [-0.15, -0.1) is 11.3 Å². The number of rotatable bonds is 4. The van der Waals surface area contributed by atoms with Gasteiger partial charge in [-0.3, -0.25) is 4.79 Å². The van der Waals surface area contributed by atoms with Crippen LogP contribution in [0.15, 0.2) is 28.7 Å². The van der Waals surface area contributed by atoms with Gasteiger partial charge >= 0.3 is 0 Å². The van der Waals surface area contributed by atoms with Crippen molar-refractivity contribution in [3.63, 3.8) is 0 Å². The van der Waals surface area contributed by atoms with Crippen LogP contribution < -0.4 is 5.43 Å². The van der Waals surface area contributed by atoms with Crippen molar-refractivity contribution in [3.8, 4) is 0 Å². The van der Waals surface area contributed by atoms with Crippen LogP contribution in [0.4, 0.5) is 0 Å². The molecular weight excluding hydrogens is 270 g/mol. The minimum Gasteiger partial charge on any atom is -0.346 e. The van der Waals surface area contributed by atoms with Crippen LogP contribution in [0, 0.1) is 13.8 Å². The van der Waals surface area contributed by atoms with Crippen LogP contribution in [0.1, 0.15) is 46.5 Å². The van der Waals surface area contributed by atoms with Gasteiger partial charge in [0, 0.05) is 23.0 Å². The second-order valence-electron chi connectivity index (χ2n) is 4.97. The van der Waals surface area contributed by atoms with Crippen molar-refractivity contribution < 1.29 is 4.79 Å². The lowest BCUT2D eigenvalue weighted by atomic mass is 10.2. The van der Waals surface area contributed by atoms with E-state index in [1.165, 1.54) is 17.0 Å². The standard InChI is InChI=1S/C15H19N3OS/c1-10(2)18-11(3)8-13(12(18)4)9-16-17-15(19)14-6-5-7-20-14/h5-10H,1-4H3,(H,17,19)/b16-9-. The number of nitrogens with one attached hydrogen (secondary N) is 1. The number of carbonyl (C=O) groups is 1. The summed E-state index contributed by atoms with van der Waals surface area (Å²) in [6.07, 6.45) is 1.70. The molecule has 0 radical (unpaired) electrons. The number of aromatic nitrogens is 1. The Bertz CT molecular complexity index is 624. The second-order valence-corrected chi connectivity index (χ2v) is 5.91. The maximum Gasteiger partial charge on any atom is 0.281 e. The average Bonchev–Trinajstić information content (AvgIpc) is 2.98. The van der Waals surface area contributed by atoms with Gasteiger partial charge in [0.25, 0.3) is 5.91 Å². The van der Waals surface area contributed by atoms with Gasteiger partial charge in [0.1, 0.15) is 0 Å². The molecule has 0 spiro atoms. The van der Waals surface area contributed by atoms with E-state index in [2.05, 4.69) is 48.9 Å². The minimum absolute atomic E-state index is 0.172. The fraction of sp³-hybridized carbons (Fsp3) is 0.333. The molecule has 0 aromatic carbocycles. The Morgan fingerprint density at radius 3 is 2.75 bits per heavy atom. The highest BCUT2D eigenvalue weighted by atomic mass is 32.1. The Kier molecular flexibility index (Phi) is 4.39. The zero-order valence-corrected chi connectivity index (χ0v) is 13.0. The summed E-state index contributed by atoms with van der Waals surface area (Å²) in [7, 11) is 0. The van der Waals surface area contributed by atoms with Crippen LogP contribution in [0.3, 0.4) is 0 Å². The van der Waals surface area contributed by atoms with Crippen molar-refractivity contribution in [1.82, 2.24) is 9.99 Å². The molecule has 106 valence electrons. The van der Waals surface area contributed by atoms with E-state index < -0.39 is 0 Å². The summed E-state index contributed by atoms with van der Waals surface area (Å²) in [6.45, 7) is 8.45. The normalized spacial score (nSPS) is 11.4. The summed E-state index contributed by atoms with van der Waals surface area (Å²) in [6, 6.07) is 6.12. The molecule has 4 nitrogen and oxygen atoms in total. The third-order valence-corrected chi connectivity index (χ3v) is 4.02. The summed E-state index contributed by atoms with van der Waals surface area (Å²) in [5.41, 5.74) is 5.94. The first-order valence-electron chi connectivity index (χ1n) is 6.56. The van der Waals surface area contributed by atoms with E-state index >= 15 is 0 Å². The van der Waals surface area contributed by atoms with E-state index in [1.54, 1.807) is 12.3 Å². The highest BCUT2D eigenvalue weighted by Gasteiger charge is 2.10. The van der Waals surface area contributed by atoms with Crippen LogP contribution >= 0.6 is 11.3 Å². The fourth-order valence-corrected chi connectivity index (χ4v) is 2.96. The summed E-state index contributed by atoms with van der Waals surface area (Å²) in [4.78, 5) is 12.4. The summed E-state index contributed by atoms with van der Waals surface area (Å²) >= 11 is 1.40. The third kappa shape index (κ3) is 2.99. The number of carbonyl (C=O) groups excluding carboxylic acids is 1. The molecule has 0 aliphatic heterocycles. The first kappa shape index (κ1) is 14.5. The Hall–Kier alpha value is -1.88. The van der Waals surface area contributed by atoms with Gasteiger partial charge in [-0.05, 0) is 45.2 Å². The number of thiophene rings is 1. The average molecular weight is 289 g/mol. The summed E-state index contributed by atoms with van der Waals surface area (Å²) < 4.78 is 2.25. The lowest BCUT2D eigenvalue weighted by Gasteiger charge is -2.13. The van der Waals surface area contributed by atoms with E-state index in [0.29, 0.717) is 10.9 Å². The molecule has 0 saturated heterocycles. The smallest absolute Gasteiger partial charge is 0.281 e. The van der Waals surface area contributed by atoms with Gasteiger partial charge in [0.15, 0.2) is 0 Å². The maximum absolute atomic E-state index is 11.7. The molecule has 5 heteroatoms. The molecule has 2 heterocycles. The molecule has 0 fully saturated rings. The topological polar surface area (TPSA) is 46.4 Å². The first-order chi connectivity index (χ1) is 9.50. The fourth-order valence-electron chi connectivity index (χ4n) is 2.35. The largest absolute Gasteiger partial charge is 0.346 e. The SMILES string of the molecule is Cc1cc(/C=N\NC(=O)c2cccs2)c(C)n1C(C)C. The first-order valence-corrected chi connectivity index (χ1v) is 7.44. The van der Waals surface area contributed by atoms with E-state index in [9.17, 15) is 4.79 Å². The van der Waals surface area contributed by atoms with E-state index in [0.717, 1.165) is 11.3 Å². The van der Waals surface area contributed by atoms with Crippen molar-refractivity contribution in [2.45, 2.75) is 33.7 Å². The predicted molar refractivity (Wildman–Crippen MR) is 83.7 cm³/mol. The Balaban J connectivity index is 2.09. The molecule has 0 atom stereocenters. The van der Waals surface area contributed by atoms with Crippen LogP contribution in [0.25, 0.3) is 0 Å². The number of hydrogen-bond acceptors (Lipinski definition) is 3. The van der Waals surface area contributed by atoms with Crippen LogP contribution in [0.2, 0.25) is 0 Å². The molecule has 1 N–H and O–H groups in total. The molecule has 0 bridgehead atoms. The number of hydrazone groups is 1. The number of nitrogens with zero attached hydrogens (tertiary/aromatic N) is 2. The van der Waals surface area contributed by atoms with Crippen molar-refractivity contribution in [2.75, 3.05) is 0 Å². The second kappa shape index (κ2) is 6.05. The van der Waals surface area contributed by atoms with Gasteiger partial charge in [0.05, 0.1) is 11.1 Å². The Morgan fingerprint density at radius 1 is 1.45 bits per heavy atom. The molecule has 0 unspecified atom stereocenters. The molecule has 0 saturated carbocycles. The third-order valence-electron chi connectivity index (χ3n) is 3.15. The van der Waals surface area contributed by atoms with Crippen LogP contribution in [-0.4, -0.2) is 16.7 Å². The molecule has 1 amide bonds. The van der Waals surface area contributed by atoms with Gasteiger partial charge < -0.3 is 4.57 Å².